The van der Waals surface area contributed by atoms with Gasteiger partial charge in [-0.25, -0.2) is 8.42 Å². The molecule has 0 aromatic carbocycles. The van der Waals surface area contributed by atoms with E-state index in [4.69, 9.17) is 17.0 Å². The molecule has 17 heavy (non-hydrogen) atoms. The van der Waals surface area contributed by atoms with Gasteiger partial charge >= 0.3 is 0 Å². The molecule has 1 fully saturated rings. The first-order valence-corrected chi connectivity index (χ1v) is 7.92. The van der Waals surface area contributed by atoms with Gasteiger partial charge in [0.2, 0.25) is 0 Å². The number of thiocarbonyl (C=S) groups is 1. The van der Waals surface area contributed by atoms with E-state index in [-0.39, 0.29) is 17.5 Å². The monoisotopic (exact) mass is 280 g/mol. The molecule has 0 amide bonds. The maximum atomic E-state index is 11.5. The van der Waals surface area contributed by atoms with Crippen molar-refractivity contribution in [3.05, 3.63) is 0 Å². The molecule has 5 nitrogen and oxygen atoms in total. The van der Waals surface area contributed by atoms with Crippen LogP contribution in [0.25, 0.3) is 0 Å². The zero-order chi connectivity index (χ0) is 12.9. The predicted molar refractivity (Wildman–Crippen MR) is 71.9 cm³/mol. The van der Waals surface area contributed by atoms with Gasteiger partial charge in [0.15, 0.2) is 14.9 Å². The summed E-state index contributed by atoms with van der Waals surface area (Å²) < 4.78 is 27.9. The molecule has 1 rings (SSSR count). The second-order valence-electron chi connectivity index (χ2n) is 4.30. The van der Waals surface area contributed by atoms with Gasteiger partial charge in [0, 0.05) is 26.2 Å². The van der Waals surface area contributed by atoms with Crippen molar-refractivity contribution >= 4 is 27.2 Å². The zero-order valence-electron chi connectivity index (χ0n) is 10.3. The van der Waals surface area contributed by atoms with Gasteiger partial charge in [0.05, 0.1) is 18.1 Å². The second-order valence-corrected chi connectivity index (χ2v) is 6.99. The number of nitrogens with zero attached hydrogens (tertiary/aromatic N) is 1. The van der Waals surface area contributed by atoms with Gasteiger partial charge in [-0.05, 0) is 25.6 Å². The molecule has 100 valence electrons. The smallest absolute Gasteiger partial charge is 0.169 e. The molecule has 1 atom stereocenters. The van der Waals surface area contributed by atoms with Crippen molar-refractivity contribution in [1.29, 1.82) is 0 Å². The third kappa shape index (κ3) is 5.18. The summed E-state index contributed by atoms with van der Waals surface area (Å²) in [4.78, 5) is 1.92. The number of ether oxygens (including phenoxy) is 1. The average Bonchev–Trinajstić information content (AvgIpc) is 2.39. The minimum atomic E-state index is -2.88. The maximum absolute atomic E-state index is 11.5. The molecule has 1 unspecified atom stereocenters. The predicted octanol–water partition coefficient (Wildman–Crippen LogP) is 0.0163. The van der Waals surface area contributed by atoms with Crippen molar-refractivity contribution in [3.63, 3.8) is 0 Å². The first kappa shape index (κ1) is 14.7. The zero-order valence-corrected chi connectivity index (χ0v) is 11.9. The van der Waals surface area contributed by atoms with Crippen LogP contribution in [0.5, 0.6) is 0 Å². The van der Waals surface area contributed by atoms with Gasteiger partial charge in [0.1, 0.15) is 0 Å². The lowest BCUT2D eigenvalue weighted by Crippen LogP contribution is -2.46. The molecule has 0 radical (unpaired) electrons. The Labute approximate surface area is 108 Å². The molecule has 1 aliphatic rings. The molecule has 0 aromatic rings. The number of nitrogens with one attached hydrogen (secondary N) is 1. The molecule has 1 aliphatic heterocycles. The van der Waals surface area contributed by atoms with E-state index >= 15 is 0 Å². The van der Waals surface area contributed by atoms with Crippen molar-refractivity contribution in [2.24, 2.45) is 0 Å². The van der Waals surface area contributed by atoms with Crippen molar-refractivity contribution in [1.82, 2.24) is 10.2 Å². The fourth-order valence-corrected chi connectivity index (χ4v) is 3.39. The van der Waals surface area contributed by atoms with Crippen LogP contribution in [0.15, 0.2) is 0 Å². The van der Waals surface area contributed by atoms with E-state index in [0.29, 0.717) is 31.2 Å². The van der Waals surface area contributed by atoms with Crippen molar-refractivity contribution in [2.75, 3.05) is 38.3 Å². The van der Waals surface area contributed by atoms with Crippen LogP contribution in [0.4, 0.5) is 0 Å². The molecule has 1 saturated heterocycles. The highest BCUT2D eigenvalue weighted by molar-refractivity contribution is 7.91. The second kappa shape index (κ2) is 6.51. The molecule has 0 saturated carbocycles. The summed E-state index contributed by atoms with van der Waals surface area (Å²) >= 11 is 5.26. The first-order valence-electron chi connectivity index (χ1n) is 5.69. The van der Waals surface area contributed by atoms with Crippen LogP contribution in [0.3, 0.4) is 0 Å². The summed E-state index contributed by atoms with van der Waals surface area (Å²) in [7, 11) is -1.24. The molecular weight excluding hydrogens is 260 g/mol. The Kier molecular flexibility index (Phi) is 5.61. The first-order chi connectivity index (χ1) is 7.94. The van der Waals surface area contributed by atoms with E-state index in [9.17, 15) is 8.42 Å². The highest BCUT2D eigenvalue weighted by Gasteiger charge is 2.21. The van der Waals surface area contributed by atoms with Crippen LogP contribution in [-0.2, 0) is 14.6 Å². The van der Waals surface area contributed by atoms with Gasteiger partial charge in [-0.1, -0.05) is 0 Å². The summed E-state index contributed by atoms with van der Waals surface area (Å²) in [6.07, 6.45) is 0.642. The third-order valence-corrected chi connectivity index (χ3v) is 4.72. The normalized spacial score (nSPS) is 21.6. The average molecular weight is 280 g/mol. The Hall–Kier alpha value is -0.400. The van der Waals surface area contributed by atoms with E-state index in [1.54, 1.807) is 7.11 Å². The summed E-state index contributed by atoms with van der Waals surface area (Å²) in [6, 6.07) is 0.132. The summed E-state index contributed by atoms with van der Waals surface area (Å²) in [5.74, 6) is 0.452. The number of hydrogen-bond donors (Lipinski definition) is 1. The molecule has 1 N–H and O–H groups in total. The lowest BCUT2D eigenvalue weighted by atomic mass is 10.3. The van der Waals surface area contributed by atoms with Crippen LogP contribution in [0.2, 0.25) is 0 Å². The summed E-state index contributed by atoms with van der Waals surface area (Å²) in [5.41, 5.74) is 0. The van der Waals surface area contributed by atoms with Gasteiger partial charge in [0.25, 0.3) is 0 Å². The van der Waals surface area contributed by atoms with Gasteiger partial charge in [-0.15, -0.1) is 0 Å². The quantitative estimate of drug-likeness (QED) is 0.735. The lowest BCUT2D eigenvalue weighted by Gasteiger charge is -2.26. The van der Waals surface area contributed by atoms with Crippen LogP contribution < -0.4 is 5.32 Å². The van der Waals surface area contributed by atoms with Crippen LogP contribution in [-0.4, -0.2) is 62.8 Å². The van der Waals surface area contributed by atoms with E-state index in [0.717, 1.165) is 0 Å². The molecule has 0 aromatic heterocycles. The standard InChI is InChI=1S/C10H20N2O3S2/c1-9(8-15-2)11-10(16)12-4-3-6-17(13,14)7-5-12/h9H,3-8H2,1-2H3,(H,11,16). The highest BCUT2D eigenvalue weighted by Crippen LogP contribution is 2.05. The van der Waals surface area contributed by atoms with Crippen molar-refractivity contribution in [3.8, 4) is 0 Å². The minimum Gasteiger partial charge on any atom is -0.383 e. The van der Waals surface area contributed by atoms with Crippen molar-refractivity contribution < 1.29 is 13.2 Å². The van der Waals surface area contributed by atoms with E-state index in [1.165, 1.54) is 0 Å². The van der Waals surface area contributed by atoms with Gasteiger partial charge in [-0.2, -0.15) is 0 Å². The van der Waals surface area contributed by atoms with Gasteiger partial charge < -0.3 is 15.0 Å². The highest BCUT2D eigenvalue weighted by atomic mass is 32.2. The van der Waals surface area contributed by atoms with Crippen LogP contribution >= 0.6 is 12.2 Å². The largest absolute Gasteiger partial charge is 0.383 e. The molecule has 0 bridgehead atoms. The maximum Gasteiger partial charge on any atom is 0.169 e. The number of rotatable bonds is 3. The Morgan fingerprint density at radius 2 is 2.18 bits per heavy atom. The lowest BCUT2D eigenvalue weighted by molar-refractivity contribution is 0.178. The molecular formula is C10H20N2O3S2. The SMILES string of the molecule is COCC(C)NC(=S)N1CCCS(=O)(=O)CC1. The molecule has 1 heterocycles. The third-order valence-electron chi connectivity index (χ3n) is 2.63. The Bertz CT molecular complexity index is 357. The van der Waals surface area contributed by atoms with E-state index in [2.05, 4.69) is 5.32 Å². The van der Waals surface area contributed by atoms with E-state index < -0.39 is 9.84 Å². The van der Waals surface area contributed by atoms with E-state index in [1.807, 2.05) is 11.8 Å². The van der Waals surface area contributed by atoms with Crippen molar-refractivity contribution in [2.45, 2.75) is 19.4 Å². The Balaban J connectivity index is 2.47. The van der Waals surface area contributed by atoms with Crippen LogP contribution in [0, 0.1) is 0 Å². The number of hydrogen-bond acceptors (Lipinski definition) is 4. The van der Waals surface area contributed by atoms with Crippen LogP contribution in [0.1, 0.15) is 13.3 Å². The Morgan fingerprint density at radius 1 is 1.47 bits per heavy atom. The summed E-state index contributed by atoms with van der Waals surface area (Å²) in [5, 5.41) is 3.76. The fraction of sp³-hybridized carbons (Fsp3) is 0.900. The summed E-state index contributed by atoms with van der Waals surface area (Å²) in [6.45, 7) is 3.73. The molecule has 0 aliphatic carbocycles. The fourth-order valence-electron chi connectivity index (χ4n) is 1.74. The topological polar surface area (TPSA) is 58.6 Å². The number of methoxy groups -OCH3 is 1. The van der Waals surface area contributed by atoms with Gasteiger partial charge in [-0.3, -0.25) is 0 Å². The minimum absolute atomic E-state index is 0.132. The molecule has 7 heteroatoms. The number of sulfone groups is 1. The Morgan fingerprint density at radius 3 is 2.82 bits per heavy atom. The molecule has 0 spiro atoms.